The highest BCUT2D eigenvalue weighted by atomic mass is 35.5. The summed E-state index contributed by atoms with van der Waals surface area (Å²) in [7, 11) is 0. The second kappa shape index (κ2) is 7.96. The van der Waals surface area contributed by atoms with E-state index in [2.05, 4.69) is 0 Å². The monoisotopic (exact) mass is 264 g/mol. The highest BCUT2D eigenvalue weighted by molar-refractivity contribution is 5.95. The van der Waals surface area contributed by atoms with Crippen LogP contribution in [0.15, 0.2) is 24.3 Å². The molecule has 0 bridgehead atoms. The summed E-state index contributed by atoms with van der Waals surface area (Å²) < 4.78 is 5.00. The molecular formula is C10H14Cl2N2O2. The summed E-state index contributed by atoms with van der Waals surface area (Å²) in [5.41, 5.74) is 6.14. The Hall–Kier alpha value is -1.26. The largest absolute Gasteiger partial charge is 0.478 e. The van der Waals surface area contributed by atoms with Crippen molar-refractivity contribution in [2.75, 3.05) is 6.61 Å². The molecular weight excluding hydrogens is 251 g/mol. The van der Waals surface area contributed by atoms with Gasteiger partial charge < -0.3 is 10.5 Å². The molecule has 0 heterocycles. The Morgan fingerprint density at radius 2 is 1.69 bits per heavy atom. The van der Waals surface area contributed by atoms with Crippen molar-refractivity contribution < 1.29 is 9.53 Å². The van der Waals surface area contributed by atoms with Crippen LogP contribution in [-0.2, 0) is 4.74 Å². The number of benzene rings is 1. The molecule has 0 unspecified atom stereocenters. The first-order chi connectivity index (χ1) is 6.65. The minimum absolute atomic E-state index is 0. The third-order valence-corrected chi connectivity index (χ3v) is 1.72. The Morgan fingerprint density at radius 3 is 2.06 bits per heavy atom. The molecule has 16 heavy (non-hydrogen) atoms. The fraction of sp³-hybridized carbons (Fsp3) is 0.200. The van der Waals surface area contributed by atoms with Gasteiger partial charge in [0.05, 0.1) is 6.61 Å². The van der Waals surface area contributed by atoms with Gasteiger partial charge in [0.25, 0.3) is 0 Å². The van der Waals surface area contributed by atoms with Crippen molar-refractivity contribution in [1.82, 2.24) is 0 Å². The Morgan fingerprint density at radius 1 is 1.25 bits per heavy atom. The molecule has 0 aliphatic rings. The molecule has 6 heteroatoms. The molecule has 1 aromatic rings. The summed E-state index contributed by atoms with van der Waals surface area (Å²) in [6.07, 6.45) is 0. The fourth-order valence-electron chi connectivity index (χ4n) is 1.01. The van der Waals surface area contributed by atoms with Gasteiger partial charge in [-0.15, -0.1) is 24.8 Å². The third-order valence-electron chi connectivity index (χ3n) is 1.72. The van der Waals surface area contributed by atoms with Gasteiger partial charge in [-0.2, -0.15) is 0 Å². The van der Waals surface area contributed by atoms with Gasteiger partial charge in [-0.25, -0.2) is 0 Å². The van der Waals surface area contributed by atoms with Crippen LogP contribution in [0.3, 0.4) is 0 Å². The first kappa shape index (κ1) is 17.1. The van der Waals surface area contributed by atoms with Crippen LogP contribution in [-0.4, -0.2) is 18.4 Å². The Kier molecular flexibility index (Phi) is 8.53. The molecule has 0 spiro atoms. The molecule has 0 aliphatic carbocycles. The van der Waals surface area contributed by atoms with E-state index in [9.17, 15) is 4.79 Å². The quantitative estimate of drug-likeness (QED) is 0.647. The number of carbonyl (C=O) groups excluding carboxylic acids is 1. The van der Waals surface area contributed by atoms with Crippen LogP contribution >= 0.6 is 24.8 Å². The number of rotatable bonds is 3. The van der Waals surface area contributed by atoms with E-state index >= 15 is 0 Å². The van der Waals surface area contributed by atoms with Crippen molar-refractivity contribution in [3.05, 3.63) is 35.4 Å². The van der Waals surface area contributed by atoms with E-state index in [1.807, 2.05) is 6.92 Å². The molecule has 1 aromatic carbocycles. The normalized spacial score (nSPS) is 8.31. The van der Waals surface area contributed by atoms with E-state index in [-0.39, 0.29) is 30.7 Å². The summed E-state index contributed by atoms with van der Waals surface area (Å²) in [6.45, 7) is 2.27. The maximum absolute atomic E-state index is 10.7. The van der Waals surface area contributed by atoms with Crippen LogP contribution in [0.2, 0.25) is 0 Å². The van der Waals surface area contributed by atoms with Crippen LogP contribution in [0.5, 0.6) is 0 Å². The Bertz CT molecular complexity index is 352. The number of ether oxygens (including phenoxy) is 1. The van der Waals surface area contributed by atoms with Gasteiger partial charge in [0, 0.05) is 11.1 Å². The summed E-state index contributed by atoms with van der Waals surface area (Å²) in [5.74, 6) is -0.372. The van der Waals surface area contributed by atoms with E-state index in [1.54, 1.807) is 24.3 Å². The van der Waals surface area contributed by atoms with Crippen LogP contribution in [0, 0.1) is 5.41 Å². The molecule has 0 aliphatic heterocycles. The van der Waals surface area contributed by atoms with E-state index in [0.717, 1.165) is 0 Å². The summed E-state index contributed by atoms with van der Waals surface area (Å²) >= 11 is 0. The van der Waals surface area contributed by atoms with E-state index in [1.165, 1.54) is 0 Å². The predicted octanol–water partition coefficient (Wildman–Crippen LogP) is 1.99. The average molecular weight is 265 g/mol. The maximum Gasteiger partial charge on any atom is 0.248 e. The minimum atomic E-state index is -0.473. The molecule has 3 N–H and O–H groups in total. The number of halogens is 2. The molecule has 1 amide bonds. The van der Waals surface area contributed by atoms with Crippen molar-refractivity contribution in [2.24, 2.45) is 5.73 Å². The second-order valence-electron chi connectivity index (χ2n) is 2.70. The maximum atomic E-state index is 10.7. The van der Waals surface area contributed by atoms with E-state index in [4.69, 9.17) is 15.9 Å². The number of amides is 1. The highest BCUT2D eigenvalue weighted by Gasteiger charge is 2.03. The number of nitrogens with one attached hydrogen (secondary N) is 1. The zero-order chi connectivity index (χ0) is 10.6. The van der Waals surface area contributed by atoms with E-state index in [0.29, 0.717) is 17.7 Å². The van der Waals surface area contributed by atoms with Gasteiger partial charge in [0.15, 0.2) is 0 Å². The van der Waals surface area contributed by atoms with Crippen LogP contribution < -0.4 is 5.73 Å². The topological polar surface area (TPSA) is 76.2 Å². The van der Waals surface area contributed by atoms with Crippen molar-refractivity contribution in [2.45, 2.75) is 6.92 Å². The third kappa shape index (κ3) is 4.51. The number of hydrogen-bond acceptors (Lipinski definition) is 3. The number of nitrogens with two attached hydrogens (primary N) is 1. The van der Waals surface area contributed by atoms with Gasteiger partial charge in [0.2, 0.25) is 11.8 Å². The van der Waals surface area contributed by atoms with Crippen molar-refractivity contribution in [3.63, 3.8) is 0 Å². The van der Waals surface area contributed by atoms with Crippen molar-refractivity contribution in [3.8, 4) is 0 Å². The first-order valence-electron chi connectivity index (χ1n) is 4.26. The van der Waals surface area contributed by atoms with E-state index < -0.39 is 5.91 Å². The van der Waals surface area contributed by atoms with Gasteiger partial charge in [-0.05, 0) is 31.2 Å². The lowest BCUT2D eigenvalue weighted by atomic mass is 10.1. The summed E-state index contributed by atoms with van der Waals surface area (Å²) in [4.78, 5) is 10.7. The van der Waals surface area contributed by atoms with Crippen molar-refractivity contribution in [1.29, 1.82) is 5.41 Å². The van der Waals surface area contributed by atoms with Crippen LogP contribution in [0.1, 0.15) is 22.8 Å². The lowest BCUT2D eigenvalue weighted by molar-refractivity contribution is 0.100. The first-order valence-corrected chi connectivity index (χ1v) is 4.26. The molecule has 0 radical (unpaired) electrons. The zero-order valence-electron chi connectivity index (χ0n) is 8.73. The fourth-order valence-corrected chi connectivity index (χ4v) is 1.01. The van der Waals surface area contributed by atoms with Gasteiger partial charge in [-0.3, -0.25) is 10.2 Å². The predicted molar refractivity (Wildman–Crippen MR) is 67.9 cm³/mol. The lowest BCUT2D eigenvalue weighted by Gasteiger charge is -2.04. The standard InChI is InChI=1S/C10H12N2O2.2ClH/c1-2-14-10(12)8-5-3-7(4-6-8)9(11)13;;/h3-6,12H,2H2,1H3,(H2,11,13);2*1H. The van der Waals surface area contributed by atoms with Crippen LogP contribution in [0.4, 0.5) is 0 Å². The summed E-state index contributed by atoms with van der Waals surface area (Å²) in [5, 5.41) is 7.47. The average Bonchev–Trinajstić information content (AvgIpc) is 2.18. The lowest BCUT2D eigenvalue weighted by Crippen LogP contribution is -2.11. The molecule has 0 fully saturated rings. The Balaban J connectivity index is 0. The molecule has 0 saturated heterocycles. The second-order valence-corrected chi connectivity index (χ2v) is 2.70. The van der Waals surface area contributed by atoms with Crippen LogP contribution in [0.25, 0.3) is 0 Å². The van der Waals surface area contributed by atoms with Gasteiger partial charge in [-0.1, -0.05) is 0 Å². The van der Waals surface area contributed by atoms with Gasteiger partial charge in [0.1, 0.15) is 0 Å². The molecule has 0 atom stereocenters. The number of hydrogen-bond donors (Lipinski definition) is 2. The summed E-state index contributed by atoms with van der Waals surface area (Å²) in [6, 6.07) is 6.42. The molecule has 0 aromatic heterocycles. The molecule has 1 rings (SSSR count). The minimum Gasteiger partial charge on any atom is -0.478 e. The number of primary amides is 1. The molecule has 0 saturated carbocycles. The van der Waals surface area contributed by atoms with Gasteiger partial charge >= 0.3 is 0 Å². The SMILES string of the molecule is CCOC(=N)c1ccc(C(N)=O)cc1.Cl.Cl. The number of carbonyl (C=O) groups is 1. The molecule has 4 nitrogen and oxygen atoms in total. The Labute approximate surface area is 106 Å². The highest BCUT2D eigenvalue weighted by Crippen LogP contribution is 2.05. The zero-order valence-corrected chi connectivity index (χ0v) is 10.4. The van der Waals surface area contributed by atoms with Crippen molar-refractivity contribution >= 4 is 36.6 Å². The smallest absolute Gasteiger partial charge is 0.248 e. The molecule has 90 valence electrons.